The molecule has 1 heterocycles. The van der Waals surface area contributed by atoms with Crippen LogP contribution in [0.5, 0.6) is 0 Å². The zero-order valence-corrected chi connectivity index (χ0v) is 11.8. The first-order valence-electron chi connectivity index (χ1n) is 5.85. The minimum Gasteiger partial charge on any atom is -0.351 e. The van der Waals surface area contributed by atoms with Gasteiger partial charge in [-0.25, -0.2) is 0 Å². The SMILES string of the molecule is O=[N+]([O-])c1ccc(Nc2c(F)c(F)nc(F)c2Cl)c(C(F)(F)F)c1. The average Bonchev–Trinajstić information content (AvgIpc) is 2.48. The van der Waals surface area contributed by atoms with Crippen LogP contribution in [0.1, 0.15) is 5.56 Å². The molecule has 128 valence electrons. The summed E-state index contributed by atoms with van der Waals surface area (Å²) in [6.45, 7) is 0. The summed E-state index contributed by atoms with van der Waals surface area (Å²) in [6, 6.07) is 1.48. The van der Waals surface area contributed by atoms with Crippen molar-refractivity contribution >= 4 is 28.7 Å². The smallest absolute Gasteiger partial charge is 0.351 e. The molecule has 0 spiro atoms. The third-order valence-corrected chi connectivity index (χ3v) is 3.12. The van der Waals surface area contributed by atoms with E-state index < -0.39 is 56.5 Å². The molecule has 0 fully saturated rings. The largest absolute Gasteiger partial charge is 0.418 e. The van der Waals surface area contributed by atoms with Gasteiger partial charge in [0.2, 0.25) is 11.8 Å². The highest BCUT2D eigenvalue weighted by Gasteiger charge is 2.36. The lowest BCUT2D eigenvalue weighted by atomic mass is 10.1. The summed E-state index contributed by atoms with van der Waals surface area (Å²) >= 11 is 5.37. The Kier molecular flexibility index (Phi) is 4.56. The van der Waals surface area contributed by atoms with Gasteiger partial charge in [0, 0.05) is 12.1 Å². The normalized spacial score (nSPS) is 11.5. The van der Waals surface area contributed by atoms with Gasteiger partial charge in [0.15, 0.2) is 0 Å². The van der Waals surface area contributed by atoms with Crippen LogP contribution in [0, 0.1) is 27.8 Å². The zero-order valence-electron chi connectivity index (χ0n) is 11.1. The lowest BCUT2D eigenvalue weighted by molar-refractivity contribution is -0.385. The van der Waals surface area contributed by atoms with Crippen molar-refractivity contribution in [1.82, 2.24) is 4.98 Å². The molecule has 0 unspecified atom stereocenters. The highest BCUT2D eigenvalue weighted by molar-refractivity contribution is 6.33. The molecular weight excluding hydrogens is 368 g/mol. The summed E-state index contributed by atoms with van der Waals surface area (Å²) in [6.07, 6.45) is -5.07. The maximum atomic E-state index is 13.6. The van der Waals surface area contributed by atoms with Crippen LogP contribution in [0.15, 0.2) is 18.2 Å². The molecule has 1 aromatic carbocycles. The summed E-state index contributed by atoms with van der Waals surface area (Å²) in [7, 11) is 0. The maximum Gasteiger partial charge on any atom is 0.418 e. The molecule has 0 bridgehead atoms. The number of alkyl halides is 3. The Morgan fingerprint density at radius 3 is 2.33 bits per heavy atom. The number of non-ortho nitro benzene ring substituents is 1. The van der Waals surface area contributed by atoms with Gasteiger partial charge in [0.05, 0.1) is 16.2 Å². The molecule has 0 aliphatic carbocycles. The number of hydrogen-bond donors (Lipinski definition) is 1. The number of nitrogens with one attached hydrogen (secondary N) is 1. The fraction of sp³-hybridized carbons (Fsp3) is 0.0833. The molecule has 1 aromatic heterocycles. The minimum absolute atomic E-state index is 0.183. The van der Waals surface area contributed by atoms with Gasteiger partial charge in [-0.05, 0) is 6.07 Å². The molecule has 2 rings (SSSR count). The van der Waals surface area contributed by atoms with Crippen molar-refractivity contribution in [3.05, 3.63) is 56.6 Å². The van der Waals surface area contributed by atoms with Crippen molar-refractivity contribution in [2.45, 2.75) is 6.18 Å². The number of pyridine rings is 1. The van der Waals surface area contributed by atoms with E-state index in [1.54, 1.807) is 5.32 Å². The molecule has 0 amide bonds. The van der Waals surface area contributed by atoms with Crippen LogP contribution < -0.4 is 5.32 Å². The molecule has 0 aliphatic rings. The molecule has 12 heteroatoms. The van der Waals surface area contributed by atoms with Gasteiger partial charge in [0.1, 0.15) is 10.7 Å². The first-order chi connectivity index (χ1) is 11.0. The number of benzene rings is 1. The average molecular weight is 372 g/mol. The van der Waals surface area contributed by atoms with Crippen LogP contribution in [0.25, 0.3) is 0 Å². The van der Waals surface area contributed by atoms with Gasteiger partial charge in [-0.1, -0.05) is 11.6 Å². The third-order valence-electron chi connectivity index (χ3n) is 2.78. The van der Waals surface area contributed by atoms with Crippen LogP contribution in [0.4, 0.5) is 43.4 Å². The Balaban J connectivity index is 2.61. The van der Waals surface area contributed by atoms with E-state index in [0.29, 0.717) is 12.1 Å². The van der Waals surface area contributed by atoms with Crippen molar-refractivity contribution in [1.29, 1.82) is 0 Å². The molecule has 0 radical (unpaired) electrons. The van der Waals surface area contributed by atoms with Crippen LogP contribution in [0.3, 0.4) is 0 Å². The van der Waals surface area contributed by atoms with Crippen molar-refractivity contribution in [3.63, 3.8) is 0 Å². The van der Waals surface area contributed by atoms with Gasteiger partial charge in [-0.2, -0.15) is 31.3 Å². The molecule has 24 heavy (non-hydrogen) atoms. The van der Waals surface area contributed by atoms with Crippen molar-refractivity contribution < 1.29 is 31.3 Å². The molecule has 0 saturated heterocycles. The van der Waals surface area contributed by atoms with E-state index in [9.17, 15) is 36.5 Å². The molecular formula is C12H4ClF6N3O2. The Morgan fingerprint density at radius 1 is 1.17 bits per heavy atom. The van der Waals surface area contributed by atoms with Crippen LogP contribution in [-0.2, 0) is 6.18 Å². The van der Waals surface area contributed by atoms with Crippen molar-refractivity contribution in [3.8, 4) is 0 Å². The number of nitrogens with zero attached hydrogens (tertiary/aromatic N) is 2. The second-order valence-corrected chi connectivity index (χ2v) is 4.68. The van der Waals surface area contributed by atoms with Gasteiger partial charge in [-0.15, -0.1) is 0 Å². The zero-order chi connectivity index (χ0) is 18.2. The first-order valence-corrected chi connectivity index (χ1v) is 6.22. The Hall–Kier alpha value is -2.56. The Labute approximate surface area is 134 Å². The number of nitro benzene ring substituents is 1. The number of anilines is 2. The Bertz CT molecular complexity index is 801. The van der Waals surface area contributed by atoms with Gasteiger partial charge < -0.3 is 5.32 Å². The van der Waals surface area contributed by atoms with E-state index >= 15 is 0 Å². The topological polar surface area (TPSA) is 68.1 Å². The standard InChI is InChI=1S/C12H4ClF6N3O2/c13-7-9(8(14)11(16)21-10(7)15)20-6-2-1-4(22(23)24)3-5(6)12(17,18)19/h1-3H,(H,20,21). The maximum absolute atomic E-state index is 13.6. The molecule has 0 atom stereocenters. The lowest BCUT2D eigenvalue weighted by Crippen LogP contribution is -2.11. The van der Waals surface area contributed by atoms with E-state index in [-0.39, 0.29) is 6.07 Å². The van der Waals surface area contributed by atoms with Crippen LogP contribution >= 0.6 is 11.6 Å². The lowest BCUT2D eigenvalue weighted by Gasteiger charge is -2.15. The summed E-state index contributed by atoms with van der Waals surface area (Å²) in [5.41, 5.74) is -4.45. The Morgan fingerprint density at radius 2 is 1.79 bits per heavy atom. The van der Waals surface area contributed by atoms with E-state index in [1.165, 1.54) is 0 Å². The van der Waals surface area contributed by atoms with Gasteiger partial charge >= 0.3 is 6.18 Å². The summed E-state index contributed by atoms with van der Waals surface area (Å²) < 4.78 is 79.0. The fourth-order valence-corrected chi connectivity index (χ4v) is 1.89. The summed E-state index contributed by atoms with van der Waals surface area (Å²) in [5.74, 6) is -5.38. The number of hydrogen-bond acceptors (Lipinski definition) is 4. The summed E-state index contributed by atoms with van der Waals surface area (Å²) in [5, 5.41) is 11.3. The molecule has 0 saturated carbocycles. The highest BCUT2D eigenvalue weighted by Crippen LogP contribution is 2.40. The van der Waals surface area contributed by atoms with E-state index in [4.69, 9.17) is 11.6 Å². The number of halogens is 7. The quantitative estimate of drug-likeness (QED) is 0.363. The second-order valence-electron chi connectivity index (χ2n) is 4.31. The molecule has 5 nitrogen and oxygen atoms in total. The summed E-state index contributed by atoms with van der Waals surface area (Å²) in [4.78, 5) is 12.0. The predicted octanol–water partition coefficient (Wildman–Crippen LogP) is 4.82. The number of rotatable bonds is 3. The van der Waals surface area contributed by atoms with E-state index in [0.717, 1.165) is 0 Å². The highest BCUT2D eigenvalue weighted by atomic mass is 35.5. The first kappa shape index (κ1) is 17.8. The predicted molar refractivity (Wildman–Crippen MR) is 70.5 cm³/mol. The van der Waals surface area contributed by atoms with Gasteiger partial charge in [-0.3, -0.25) is 10.1 Å². The fourth-order valence-electron chi connectivity index (χ4n) is 1.72. The molecule has 0 aliphatic heterocycles. The van der Waals surface area contributed by atoms with Crippen molar-refractivity contribution in [2.24, 2.45) is 0 Å². The molecule has 2 aromatic rings. The minimum atomic E-state index is -5.07. The van der Waals surface area contributed by atoms with E-state index in [1.807, 2.05) is 0 Å². The number of nitro groups is 1. The van der Waals surface area contributed by atoms with Crippen LogP contribution in [-0.4, -0.2) is 9.91 Å². The second kappa shape index (κ2) is 6.15. The number of aromatic nitrogens is 1. The van der Waals surface area contributed by atoms with Crippen LogP contribution in [0.2, 0.25) is 5.02 Å². The van der Waals surface area contributed by atoms with E-state index in [2.05, 4.69) is 4.98 Å². The molecule has 1 N–H and O–H groups in total. The third kappa shape index (κ3) is 3.35. The monoisotopic (exact) mass is 371 g/mol. The van der Waals surface area contributed by atoms with Crippen molar-refractivity contribution in [2.75, 3.05) is 5.32 Å². The van der Waals surface area contributed by atoms with Gasteiger partial charge in [0.25, 0.3) is 11.6 Å².